The van der Waals surface area contributed by atoms with Crippen LogP contribution in [0, 0.1) is 0 Å². The molecule has 132 valence electrons. The minimum absolute atomic E-state index is 0.179. The molecule has 7 nitrogen and oxygen atoms in total. The van der Waals surface area contributed by atoms with Crippen molar-refractivity contribution in [2.45, 2.75) is 25.2 Å². The van der Waals surface area contributed by atoms with Crippen LogP contribution in [0.15, 0.2) is 42.7 Å². The van der Waals surface area contributed by atoms with Crippen molar-refractivity contribution >= 4 is 11.6 Å². The molecule has 2 atom stereocenters. The highest BCUT2D eigenvalue weighted by atomic mass is 16.5. The number of aliphatic hydroxyl groups excluding tert-OH is 1. The number of methoxy groups -OCH3 is 1. The molecule has 0 radical (unpaired) electrons. The van der Waals surface area contributed by atoms with Crippen LogP contribution in [0.2, 0.25) is 0 Å². The van der Waals surface area contributed by atoms with Gasteiger partial charge in [0.05, 0.1) is 19.3 Å². The van der Waals surface area contributed by atoms with Gasteiger partial charge in [-0.05, 0) is 36.2 Å². The van der Waals surface area contributed by atoms with Gasteiger partial charge in [-0.2, -0.15) is 0 Å². The van der Waals surface area contributed by atoms with Crippen LogP contribution in [0.25, 0.3) is 0 Å². The van der Waals surface area contributed by atoms with Crippen molar-refractivity contribution in [1.82, 2.24) is 10.3 Å². The highest BCUT2D eigenvalue weighted by Gasteiger charge is 2.28. The molecule has 2 unspecified atom stereocenters. The third kappa shape index (κ3) is 4.46. The van der Waals surface area contributed by atoms with Crippen molar-refractivity contribution in [3.63, 3.8) is 0 Å². The van der Waals surface area contributed by atoms with E-state index < -0.39 is 12.1 Å². The number of carbonyl (C=O) groups excluding carboxylic acids is 1. The predicted molar refractivity (Wildman–Crippen MR) is 92.6 cm³/mol. The van der Waals surface area contributed by atoms with Gasteiger partial charge < -0.3 is 25.2 Å². The fourth-order valence-electron chi connectivity index (χ4n) is 2.65. The summed E-state index contributed by atoms with van der Waals surface area (Å²) in [6.07, 6.45) is 3.34. The van der Waals surface area contributed by atoms with Gasteiger partial charge in [-0.25, -0.2) is 0 Å². The SMILES string of the molecule is COc1ccc(NC(=O)C2CC(O)CN2)cc1OCc1ccncc1. The second-order valence-corrected chi connectivity index (χ2v) is 5.85. The van der Waals surface area contributed by atoms with E-state index in [0.717, 1.165) is 5.56 Å². The molecule has 3 rings (SSSR count). The van der Waals surface area contributed by atoms with Gasteiger partial charge in [0.2, 0.25) is 5.91 Å². The smallest absolute Gasteiger partial charge is 0.241 e. The molecular formula is C18H21N3O4. The Hall–Kier alpha value is -2.64. The lowest BCUT2D eigenvalue weighted by Gasteiger charge is -2.15. The third-order valence-electron chi connectivity index (χ3n) is 4.00. The molecule has 1 fully saturated rings. The van der Waals surface area contributed by atoms with Crippen LogP contribution in [0.1, 0.15) is 12.0 Å². The molecule has 3 N–H and O–H groups in total. The molecule has 2 heterocycles. The maximum Gasteiger partial charge on any atom is 0.241 e. The van der Waals surface area contributed by atoms with Crippen molar-refractivity contribution in [2.24, 2.45) is 0 Å². The summed E-state index contributed by atoms with van der Waals surface area (Å²) in [6, 6.07) is 8.57. The molecule has 1 saturated heterocycles. The van der Waals surface area contributed by atoms with Gasteiger partial charge in [0.1, 0.15) is 6.61 Å². The number of pyridine rings is 1. The van der Waals surface area contributed by atoms with Gasteiger partial charge >= 0.3 is 0 Å². The largest absolute Gasteiger partial charge is 0.493 e. The summed E-state index contributed by atoms with van der Waals surface area (Å²) >= 11 is 0. The zero-order valence-corrected chi connectivity index (χ0v) is 13.9. The molecule has 1 amide bonds. The highest BCUT2D eigenvalue weighted by molar-refractivity contribution is 5.95. The fraction of sp³-hybridized carbons (Fsp3) is 0.333. The Labute approximate surface area is 146 Å². The summed E-state index contributed by atoms with van der Waals surface area (Å²) in [7, 11) is 1.57. The molecule has 25 heavy (non-hydrogen) atoms. The van der Waals surface area contributed by atoms with Crippen molar-refractivity contribution in [1.29, 1.82) is 0 Å². The Balaban J connectivity index is 1.67. The van der Waals surface area contributed by atoms with Crippen LogP contribution < -0.4 is 20.1 Å². The summed E-state index contributed by atoms with van der Waals surface area (Å²) < 4.78 is 11.1. The summed E-state index contributed by atoms with van der Waals surface area (Å²) in [5.41, 5.74) is 1.59. The third-order valence-corrected chi connectivity index (χ3v) is 4.00. The molecule has 2 aromatic rings. The molecule has 0 bridgehead atoms. The summed E-state index contributed by atoms with van der Waals surface area (Å²) in [4.78, 5) is 16.2. The Morgan fingerprint density at radius 1 is 1.32 bits per heavy atom. The average Bonchev–Trinajstić information content (AvgIpc) is 3.07. The topological polar surface area (TPSA) is 92.7 Å². The van der Waals surface area contributed by atoms with E-state index in [1.165, 1.54) is 0 Å². The quantitative estimate of drug-likeness (QED) is 0.733. The minimum Gasteiger partial charge on any atom is -0.493 e. The number of aliphatic hydroxyl groups is 1. The summed E-state index contributed by atoms with van der Waals surface area (Å²) in [5.74, 6) is 0.944. The van der Waals surface area contributed by atoms with Gasteiger partial charge in [-0.1, -0.05) is 0 Å². The van der Waals surface area contributed by atoms with E-state index in [1.54, 1.807) is 37.7 Å². The predicted octanol–water partition coefficient (Wildman–Crippen LogP) is 1.33. The van der Waals surface area contributed by atoms with E-state index in [9.17, 15) is 9.90 Å². The summed E-state index contributed by atoms with van der Waals surface area (Å²) in [5, 5.41) is 15.3. The molecule has 0 aliphatic carbocycles. The number of nitrogens with zero attached hydrogens (tertiary/aromatic N) is 1. The van der Waals surface area contributed by atoms with Crippen molar-refractivity contribution < 1.29 is 19.4 Å². The Kier molecular flexibility index (Phi) is 5.47. The second-order valence-electron chi connectivity index (χ2n) is 5.85. The lowest BCUT2D eigenvalue weighted by Crippen LogP contribution is -2.35. The molecule has 1 aromatic heterocycles. The van der Waals surface area contributed by atoms with Crippen LogP contribution in [0.4, 0.5) is 5.69 Å². The van der Waals surface area contributed by atoms with Crippen LogP contribution in [0.5, 0.6) is 11.5 Å². The number of anilines is 1. The van der Waals surface area contributed by atoms with Crippen LogP contribution in [-0.2, 0) is 11.4 Å². The monoisotopic (exact) mass is 343 g/mol. The van der Waals surface area contributed by atoms with E-state index in [2.05, 4.69) is 15.6 Å². The minimum atomic E-state index is -0.481. The zero-order chi connectivity index (χ0) is 17.6. The number of aromatic nitrogens is 1. The van der Waals surface area contributed by atoms with Crippen molar-refractivity contribution in [2.75, 3.05) is 19.0 Å². The number of β-amino-alcohol motifs (C(OH)–C–C–N with tert-alkyl or cyclic N) is 1. The van der Waals surface area contributed by atoms with Gasteiger partial charge in [-0.15, -0.1) is 0 Å². The van der Waals surface area contributed by atoms with Crippen LogP contribution >= 0.6 is 0 Å². The van der Waals surface area contributed by atoms with E-state index in [4.69, 9.17) is 9.47 Å². The molecule has 1 aliphatic rings. The molecule has 0 spiro atoms. The molecule has 1 aliphatic heterocycles. The molecule has 0 saturated carbocycles. The zero-order valence-electron chi connectivity index (χ0n) is 13.9. The molecule has 1 aromatic carbocycles. The normalized spacial score (nSPS) is 19.4. The molecular weight excluding hydrogens is 322 g/mol. The Morgan fingerprint density at radius 2 is 2.12 bits per heavy atom. The van der Waals surface area contributed by atoms with E-state index in [-0.39, 0.29) is 5.91 Å². The van der Waals surface area contributed by atoms with Crippen LogP contribution in [-0.4, -0.2) is 41.8 Å². The number of ether oxygens (including phenoxy) is 2. The maximum atomic E-state index is 12.2. The number of amides is 1. The Bertz CT molecular complexity index is 724. The van der Waals surface area contributed by atoms with E-state index in [0.29, 0.717) is 36.8 Å². The first-order valence-electron chi connectivity index (χ1n) is 8.08. The standard InChI is InChI=1S/C18H21N3O4/c1-24-16-3-2-13(21-18(23)15-9-14(22)10-20-15)8-17(16)25-11-12-4-6-19-7-5-12/h2-8,14-15,20,22H,9-11H2,1H3,(H,21,23). The van der Waals surface area contributed by atoms with Gasteiger partial charge in [0.15, 0.2) is 11.5 Å². The van der Waals surface area contributed by atoms with Gasteiger partial charge in [0.25, 0.3) is 0 Å². The Morgan fingerprint density at radius 3 is 2.80 bits per heavy atom. The van der Waals surface area contributed by atoms with E-state index in [1.807, 2.05) is 12.1 Å². The number of hydrogen-bond acceptors (Lipinski definition) is 6. The van der Waals surface area contributed by atoms with Gasteiger partial charge in [-0.3, -0.25) is 9.78 Å². The number of rotatable bonds is 6. The first-order valence-corrected chi connectivity index (χ1v) is 8.08. The number of carbonyl (C=O) groups is 1. The average molecular weight is 343 g/mol. The van der Waals surface area contributed by atoms with Crippen molar-refractivity contribution in [3.05, 3.63) is 48.3 Å². The van der Waals surface area contributed by atoms with Crippen molar-refractivity contribution in [3.8, 4) is 11.5 Å². The first kappa shape index (κ1) is 17.2. The molecule has 7 heteroatoms. The number of nitrogens with one attached hydrogen (secondary N) is 2. The lowest BCUT2D eigenvalue weighted by atomic mass is 10.2. The highest BCUT2D eigenvalue weighted by Crippen LogP contribution is 2.31. The maximum absolute atomic E-state index is 12.2. The number of benzene rings is 1. The first-order chi connectivity index (χ1) is 12.2. The fourth-order valence-corrected chi connectivity index (χ4v) is 2.65. The van der Waals surface area contributed by atoms with Crippen LogP contribution in [0.3, 0.4) is 0 Å². The number of hydrogen-bond donors (Lipinski definition) is 3. The van der Waals surface area contributed by atoms with Gasteiger partial charge in [0, 0.05) is 30.7 Å². The lowest BCUT2D eigenvalue weighted by molar-refractivity contribution is -0.117. The van der Waals surface area contributed by atoms with E-state index >= 15 is 0 Å². The second kappa shape index (κ2) is 7.96. The summed E-state index contributed by atoms with van der Waals surface area (Å²) in [6.45, 7) is 0.799.